The van der Waals surface area contributed by atoms with Gasteiger partial charge in [-0.15, -0.1) is 0 Å². The number of phenolic OH excluding ortho intramolecular Hbond substituents is 1. The SMILES string of the molecule is COc1cc2c(cc1OC)-c1c(O)c(OC)cc3c1C(C2)N(CC(O)COc1ccccc1OC)CC3. The van der Waals surface area contributed by atoms with Crippen LogP contribution in [-0.4, -0.2) is 69.4 Å². The van der Waals surface area contributed by atoms with E-state index in [0.717, 1.165) is 40.8 Å². The summed E-state index contributed by atoms with van der Waals surface area (Å²) in [6.45, 7) is 1.33. The summed E-state index contributed by atoms with van der Waals surface area (Å²) in [7, 11) is 6.38. The predicted molar refractivity (Wildman–Crippen MR) is 139 cm³/mol. The lowest BCUT2D eigenvalue weighted by atomic mass is 9.76. The number of methoxy groups -OCH3 is 4. The minimum absolute atomic E-state index is 0.0259. The number of hydrogen-bond acceptors (Lipinski definition) is 8. The van der Waals surface area contributed by atoms with Crippen molar-refractivity contribution in [3.63, 3.8) is 0 Å². The molecule has 0 fully saturated rings. The Morgan fingerprint density at radius 2 is 1.51 bits per heavy atom. The fraction of sp³-hybridized carbons (Fsp3) is 0.379. The molecule has 1 aliphatic heterocycles. The van der Waals surface area contributed by atoms with Crippen molar-refractivity contribution in [3.05, 3.63) is 59.2 Å². The van der Waals surface area contributed by atoms with Gasteiger partial charge in [0.2, 0.25) is 0 Å². The topological polar surface area (TPSA) is 89.9 Å². The van der Waals surface area contributed by atoms with Crippen LogP contribution in [0.3, 0.4) is 0 Å². The van der Waals surface area contributed by atoms with Crippen LogP contribution in [0.4, 0.5) is 0 Å². The Bertz CT molecular complexity index is 1290. The second-order valence-corrected chi connectivity index (χ2v) is 9.32. The molecule has 1 heterocycles. The van der Waals surface area contributed by atoms with Gasteiger partial charge < -0.3 is 33.9 Å². The Morgan fingerprint density at radius 3 is 2.22 bits per heavy atom. The van der Waals surface area contributed by atoms with Gasteiger partial charge in [0.1, 0.15) is 12.7 Å². The van der Waals surface area contributed by atoms with Crippen LogP contribution in [0.5, 0.6) is 34.5 Å². The zero-order chi connectivity index (χ0) is 26.1. The maximum Gasteiger partial charge on any atom is 0.166 e. The molecule has 0 spiro atoms. The lowest BCUT2D eigenvalue weighted by molar-refractivity contribution is 0.0473. The first kappa shape index (κ1) is 25.0. The number of phenols is 1. The second-order valence-electron chi connectivity index (χ2n) is 9.32. The van der Waals surface area contributed by atoms with Gasteiger partial charge in [-0.25, -0.2) is 0 Å². The Labute approximate surface area is 216 Å². The molecule has 0 saturated carbocycles. The molecule has 0 saturated heterocycles. The molecule has 0 bridgehead atoms. The Kier molecular flexibility index (Phi) is 7.04. The summed E-state index contributed by atoms with van der Waals surface area (Å²) >= 11 is 0. The van der Waals surface area contributed by atoms with Crippen molar-refractivity contribution in [2.75, 3.05) is 48.1 Å². The van der Waals surface area contributed by atoms with E-state index in [0.29, 0.717) is 41.7 Å². The van der Waals surface area contributed by atoms with Gasteiger partial charge in [-0.2, -0.15) is 0 Å². The molecule has 37 heavy (non-hydrogen) atoms. The predicted octanol–water partition coefficient (Wildman–Crippen LogP) is 3.99. The van der Waals surface area contributed by atoms with Crippen molar-refractivity contribution in [3.8, 4) is 45.6 Å². The van der Waals surface area contributed by atoms with E-state index in [2.05, 4.69) is 4.90 Å². The van der Waals surface area contributed by atoms with E-state index in [4.69, 9.17) is 23.7 Å². The Morgan fingerprint density at radius 1 is 0.865 bits per heavy atom. The normalized spacial score (nSPS) is 16.8. The van der Waals surface area contributed by atoms with E-state index in [1.54, 1.807) is 28.4 Å². The van der Waals surface area contributed by atoms with Crippen LogP contribution >= 0.6 is 0 Å². The van der Waals surface area contributed by atoms with Crippen LogP contribution in [0.2, 0.25) is 0 Å². The number of benzene rings is 3. The molecule has 1 aliphatic carbocycles. The van der Waals surface area contributed by atoms with Gasteiger partial charge in [0, 0.05) is 24.7 Å². The first-order valence-electron chi connectivity index (χ1n) is 12.3. The van der Waals surface area contributed by atoms with E-state index in [9.17, 15) is 10.2 Å². The number of ether oxygens (including phenoxy) is 5. The summed E-state index contributed by atoms with van der Waals surface area (Å²) < 4.78 is 27.9. The molecule has 2 aliphatic rings. The first-order valence-corrected chi connectivity index (χ1v) is 12.3. The zero-order valence-electron chi connectivity index (χ0n) is 21.6. The highest BCUT2D eigenvalue weighted by atomic mass is 16.5. The molecule has 8 nitrogen and oxygen atoms in total. The molecule has 196 valence electrons. The number of aliphatic hydroxyl groups excluding tert-OH is 1. The smallest absolute Gasteiger partial charge is 0.166 e. The van der Waals surface area contributed by atoms with Gasteiger partial charge in [-0.1, -0.05) is 12.1 Å². The quantitative estimate of drug-likeness (QED) is 0.450. The average molecular weight is 508 g/mol. The van der Waals surface area contributed by atoms with Crippen LogP contribution in [0.25, 0.3) is 11.1 Å². The van der Waals surface area contributed by atoms with Gasteiger partial charge in [0.25, 0.3) is 0 Å². The largest absolute Gasteiger partial charge is 0.504 e. The van der Waals surface area contributed by atoms with E-state index >= 15 is 0 Å². The lowest BCUT2D eigenvalue weighted by Crippen LogP contribution is -2.43. The molecule has 2 N–H and O–H groups in total. The van der Waals surface area contributed by atoms with Crippen LogP contribution in [0.1, 0.15) is 22.7 Å². The lowest BCUT2D eigenvalue weighted by Gasteiger charge is -2.42. The van der Waals surface area contributed by atoms with Crippen molar-refractivity contribution >= 4 is 0 Å². The summed E-state index contributed by atoms with van der Waals surface area (Å²) in [6.07, 6.45) is 0.772. The van der Waals surface area contributed by atoms with E-state index in [-0.39, 0.29) is 18.4 Å². The van der Waals surface area contributed by atoms with Crippen molar-refractivity contribution in [2.45, 2.75) is 25.0 Å². The monoisotopic (exact) mass is 507 g/mol. The maximum absolute atomic E-state index is 11.3. The zero-order valence-corrected chi connectivity index (χ0v) is 21.6. The first-order chi connectivity index (χ1) is 18.0. The number of β-amino-alcohol motifs (C(OH)–C–C–N with tert-alkyl or cyclic N) is 1. The number of aliphatic hydroxyl groups is 1. The highest BCUT2D eigenvalue weighted by molar-refractivity contribution is 5.84. The summed E-state index contributed by atoms with van der Waals surface area (Å²) in [5.74, 6) is 3.03. The molecule has 8 heteroatoms. The van der Waals surface area contributed by atoms with Crippen LogP contribution in [0, 0.1) is 0 Å². The minimum atomic E-state index is -0.714. The molecule has 3 aromatic carbocycles. The number of fused-ring (bicyclic) bond motifs is 2. The van der Waals surface area contributed by atoms with Gasteiger partial charge >= 0.3 is 0 Å². The summed E-state index contributed by atoms with van der Waals surface area (Å²) in [6, 6.07) is 13.2. The Hall–Kier alpha value is -3.62. The molecule has 0 radical (unpaired) electrons. The molecule has 3 aromatic rings. The van der Waals surface area contributed by atoms with Gasteiger partial charge in [0.15, 0.2) is 34.5 Å². The highest BCUT2D eigenvalue weighted by Gasteiger charge is 2.38. The fourth-order valence-corrected chi connectivity index (χ4v) is 5.56. The second kappa shape index (κ2) is 10.4. The van der Waals surface area contributed by atoms with E-state index in [1.165, 1.54) is 0 Å². The van der Waals surface area contributed by atoms with Crippen LogP contribution in [0.15, 0.2) is 42.5 Å². The van der Waals surface area contributed by atoms with Crippen LogP contribution in [-0.2, 0) is 12.8 Å². The van der Waals surface area contributed by atoms with Crippen molar-refractivity contribution in [2.24, 2.45) is 0 Å². The molecule has 0 amide bonds. The molecule has 2 unspecified atom stereocenters. The summed E-state index contributed by atoms with van der Waals surface area (Å²) in [4.78, 5) is 2.27. The minimum Gasteiger partial charge on any atom is -0.504 e. The summed E-state index contributed by atoms with van der Waals surface area (Å²) in [5, 5.41) is 22.2. The number of nitrogens with zero attached hydrogens (tertiary/aromatic N) is 1. The van der Waals surface area contributed by atoms with Crippen molar-refractivity contribution < 1.29 is 33.9 Å². The molecule has 2 atom stereocenters. The fourth-order valence-electron chi connectivity index (χ4n) is 5.56. The maximum atomic E-state index is 11.3. The number of aromatic hydroxyl groups is 1. The van der Waals surface area contributed by atoms with Crippen molar-refractivity contribution in [1.82, 2.24) is 4.90 Å². The van der Waals surface area contributed by atoms with E-state index in [1.807, 2.05) is 42.5 Å². The van der Waals surface area contributed by atoms with E-state index < -0.39 is 6.10 Å². The number of rotatable bonds is 9. The third-order valence-corrected chi connectivity index (χ3v) is 7.29. The molecule has 5 rings (SSSR count). The molecular weight excluding hydrogens is 474 g/mol. The number of para-hydroxylation sites is 2. The third-order valence-electron chi connectivity index (χ3n) is 7.29. The molecule has 0 aromatic heterocycles. The Balaban J connectivity index is 1.47. The average Bonchev–Trinajstić information content (AvgIpc) is 2.93. The van der Waals surface area contributed by atoms with Gasteiger partial charge in [-0.3, -0.25) is 4.90 Å². The molecular formula is C29H33NO7. The third kappa shape index (κ3) is 4.51. The highest BCUT2D eigenvalue weighted by Crippen LogP contribution is 2.53. The number of hydrogen-bond donors (Lipinski definition) is 2. The van der Waals surface area contributed by atoms with Crippen molar-refractivity contribution in [1.29, 1.82) is 0 Å². The van der Waals surface area contributed by atoms with Gasteiger partial charge in [-0.05, 0) is 65.4 Å². The summed E-state index contributed by atoms with van der Waals surface area (Å²) in [5.41, 5.74) is 4.92. The standard InChI is InChI=1S/C29H33NO7/c1-33-22-7-5-6-8-23(22)37-16-19(31)15-30-10-9-17-12-26(36-4)29(32)28-20-14-25(35-3)24(34-2)13-18(20)11-21(30)27(17)28/h5-8,12-14,19,21,31-32H,9-11,15-16H2,1-4H3. The van der Waals surface area contributed by atoms with Gasteiger partial charge in [0.05, 0.1) is 28.4 Å². The van der Waals surface area contributed by atoms with Crippen LogP contribution < -0.4 is 23.7 Å².